The molecule has 0 aliphatic heterocycles. The fourth-order valence-corrected chi connectivity index (χ4v) is 3.59. The van der Waals surface area contributed by atoms with Crippen molar-refractivity contribution < 1.29 is 33.0 Å². The monoisotopic (exact) mass is 338 g/mol. The highest BCUT2D eigenvalue weighted by atomic mass is 19.4. The number of amides is 2. The maximum absolute atomic E-state index is 12.7. The molecule has 6 nitrogen and oxygen atoms in total. The summed E-state index contributed by atoms with van der Waals surface area (Å²) >= 11 is 0. The van der Waals surface area contributed by atoms with Crippen molar-refractivity contribution in [1.29, 1.82) is 0 Å². The van der Waals surface area contributed by atoms with Crippen molar-refractivity contribution in [3.8, 4) is 0 Å². The van der Waals surface area contributed by atoms with Gasteiger partial charge in [-0.25, -0.2) is 0 Å². The largest absolute Gasteiger partial charge is 0.426 e. The second-order valence-corrected chi connectivity index (χ2v) is 6.44. The molecule has 2 bridgehead atoms. The van der Waals surface area contributed by atoms with E-state index in [9.17, 15) is 27.9 Å². The Balaban J connectivity index is 2.11. The van der Waals surface area contributed by atoms with Crippen molar-refractivity contribution in [1.82, 2.24) is 10.6 Å². The summed E-state index contributed by atoms with van der Waals surface area (Å²) in [5.41, 5.74) is -3.50. The zero-order valence-electron chi connectivity index (χ0n) is 12.7. The third kappa shape index (κ3) is 3.30. The number of aliphatic hydroxyl groups excluding tert-OH is 1. The Bertz CT molecular complexity index is 481. The third-order valence-corrected chi connectivity index (χ3v) is 4.92. The summed E-state index contributed by atoms with van der Waals surface area (Å²) in [6.07, 6.45) is -2.92. The molecule has 2 aliphatic carbocycles. The lowest BCUT2D eigenvalue weighted by Gasteiger charge is -2.33. The summed E-state index contributed by atoms with van der Waals surface area (Å²) in [4.78, 5) is 24.0. The van der Waals surface area contributed by atoms with Crippen molar-refractivity contribution in [2.24, 2.45) is 17.8 Å². The van der Waals surface area contributed by atoms with Gasteiger partial charge in [-0.3, -0.25) is 9.59 Å². The highest BCUT2D eigenvalue weighted by molar-refractivity contribution is 5.87. The minimum atomic E-state index is -5.09. The first-order valence-corrected chi connectivity index (χ1v) is 7.58. The van der Waals surface area contributed by atoms with Crippen LogP contribution in [0.5, 0.6) is 0 Å². The summed E-state index contributed by atoms with van der Waals surface area (Å²) in [5, 5.41) is 22.9. The first kappa shape index (κ1) is 18.0. The molecular formula is C14H21F3N2O4. The topological polar surface area (TPSA) is 98.7 Å². The van der Waals surface area contributed by atoms with E-state index in [-0.39, 0.29) is 30.9 Å². The molecule has 23 heavy (non-hydrogen) atoms. The fourth-order valence-electron chi connectivity index (χ4n) is 3.59. The minimum Gasteiger partial charge on any atom is -0.395 e. The van der Waals surface area contributed by atoms with Crippen LogP contribution in [0, 0.1) is 17.8 Å². The van der Waals surface area contributed by atoms with Crippen molar-refractivity contribution in [2.75, 3.05) is 13.2 Å². The normalized spacial score (nSPS) is 32.4. The molecular weight excluding hydrogens is 317 g/mol. The molecule has 2 fully saturated rings. The van der Waals surface area contributed by atoms with Crippen LogP contribution in [0.1, 0.15) is 26.2 Å². The second kappa shape index (κ2) is 6.27. The van der Waals surface area contributed by atoms with Gasteiger partial charge in [0.15, 0.2) is 0 Å². The smallest absolute Gasteiger partial charge is 0.395 e. The standard InChI is InChI=1S/C14H21F3N2O4/c1-13(23,14(15,16)17)12(22)19-10-8-3-2-7(6-8)9(10)11(21)18-4-5-20/h7-10,20,23H,2-6H2,1H3,(H,18,21)(H,19,22)/t7-,8+,9+,10-,13?/m0/s1. The summed E-state index contributed by atoms with van der Waals surface area (Å²) in [7, 11) is 0. The van der Waals surface area contributed by atoms with Crippen LogP contribution in [0.4, 0.5) is 13.2 Å². The van der Waals surface area contributed by atoms with Crippen LogP contribution in [-0.4, -0.2) is 53.0 Å². The molecule has 0 heterocycles. The third-order valence-electron chi connectivity index (χ3n) is 4.92. The van der Waals surface area contributed by atoms with Crippen LogP contribution in [0.15, 0.2) is 0 Å². The van der Waals surface area contributed by atoms with Gasteiger partial charge in [0.05, 0.1) is 12.5 Å². The molecule has 1 unspecified atom stereocenters. The number of rotatable bonds is 5. The van der Waals surface area contributed by atoms with E-state index in [4.69, 9.17) is 5.11 Å². The van der Waals surface area contributed by atoms with Gasteiger partial charge in [0.25, 0.3) is 5.91 Å². The van der Waals surface area contributed by atoms with E-state index >= 15 is 0 Å². The number of carbonyl (C=O) groups is 2. The van der Waals surface area contributed by atoms with Gasteiger partial charge in [0.1, 0.15) is 0 Å². The number of aliphatic hydroxyl groups is 2. The van der Waals surface area contributed by atoms with Crippen LogP contribution in [0.2, 0.25) is 0 Å². The van der Waals surface area contributed by atoms with Crippen LogP contribution >= 0.6 is 0 Å². The maximum atomic E-state index is 12.7. The Morgan fingerprint density at radius 1 is 1.22 bits per heavy atom. The molecule has 0 saturated heterocycles. The Hall–Kier alpha value is -1.35. The van der Waals surface area contributed by atoms with Crippen molar-refractivity contribution >= 4 is 11.8 Å². The van der Waals surface area contributed by atoms with Crippen LogP contribution in [0.3, 0.4) is 0 Å². The van der Waals surface area contributed by atoms with Gasteiger partial charge in [0, 0.05) is 12.6 Å². The number of carbonyl (C=O) groups excluding carboxylic acids is 2. The number of halogens is 3. The summed E-state index contributed by atoms with van der Waals surface area (Å²) < 4.78 is 38.2. The van der Waals surface area contributed by atoms with Crippen molar-refractivity contribution in [3.05, 3.63) is 0 Å². The fraction of sp³-hybridized carbons (Fsp3) is 0.857. The predicted octanol–water partition coefficient (Wildman–Crippen LogP) is -0.0609. The molecule has 9 heteroatoms. The van der Waals surface area contributed by atoms with E-state index in [1.165, 1.54) is 0 Å². The molecule has 2 aliphatic rings. The van der Waals surface area contributed by atoms with Gasteiger partial charge in [-0.1, -0.05) is 0 Å². The van der Waals surface area contributed by atoms with Gasteiger partial charge in [0.2, 0.25) is 11.5 Å². The molecule has 0 aromatic carbocycles. The van der Waals surface area contributed by atoms with Crippen molar-refractivity contribution in [2.45, 2.75) is 44.0 Å². The zero-order valence-corrected chi connectivity index (χ0v) is 12.7. The number of fused-ring (bicyclic) bond motifs is 2. The van der Waals surface area contributed by atoms with Gasteiger partial charge < -0.3 is 20.8 Å². The average Bonchev–Trinajstić information content (AvgIpc) is 3.04. The minimum absolute atomic E-state index is 0.000159. The number of hydrogen-bond acceptors (Lipinski definition) is 4. The summed E-state index contributed by atoms with van der Waals surface area (Å²) in [6.45, 7) is 0.205. The molecule has 0 aromatic heterocycles. The quantitative estimate of drug-likeness (QED) is 0.564. The first-order valence-electron chi connectivity index (χ1n) is 7.58. The number of alkyl halides is 3. The van der Waals surface area contributed by atoms with E-state index < -0.39 is 29.6 Å². The molecule has 2 saturated carbocycles. The molecule has 5 atom stereocenters. The Kier molecular flexibility index (Phi) is 4.91. The molecule has 4 N–H and O–H groups in total. The highest BCUT2D eigenvalue weighted by Gasteiger charge is 2.58. The number of nitrogens with one attached hydrogen (secondary N) is 2. The predicted molar refractivity (Wildman–Crippen MR) is 73.0 cm³/mol. The molecule has 0 spiro atoms. The zero-order chi connectivity index (χ0) is 17.4. The van der Waals surface area contributed by atoms with Crippen LogP contribution < -0.4 is 10.6 Å². The summed E-state index contributed by atoms with van der Waals surface area (Å²) in [5.74, 6) is -2.63. The second-order valence-electron chi connectivity index (χ2n) is 6.44. The Morgan fingerprint density at radius 2 is 1.83 bits per heavy atom. The van der Waals surface area contributed by atoms with Crippen molar-refractivity contribution in [3.63, 3.8) is 0 Å². The van der Waals surface area contributed by atoms with Crippen LogP contribution in [0.25, 0.3) is 0 Å². The average molecular weight is 338 g/mol. The Morgan fingerprint density at radius 3 is 2.39 bits per heavy atom. The van der Waals surface area contributed by atoms with Crippen LogP contribution in [-0.2, 0) is 9.59 Å². The highest BCUT2D eigenvalue weighted by Crippen LogP contribution is 2.48. The van der Waals surface area contributed by atoms with E-state index in [2.05, 4.69) is 10.6 Å². The SMILES string of the molecule is CC(O)(C(=O)N[C@H]1[C@@H]2CC[C@@H](C2)[C@H]1C(=O)NCCO)C(F)(F)F. The van der Waals surface area contributed by atoms with Gasteiger partial charge >= 0.3 is 6.18 Å². The van der Waals surface area contributed by atoms with E-state index in [0.717, 1.165) is 12.8 Å². The molecule has 2 rings (SSSR count). The summed E-state index contributed by atoms with van der Waals surface area (Å²) in [6, 6.07) is -0.728. The van der Waals surface area contributed by atoms with E-state index in [0.29, 0.717) is 13.3 Å². The van der Waals surface area contributed by atoms with Gasteiger partial charge in [-0.15, -0.1) is 0 Å². The van der Waals surface area contributed by atoms with Gasteiger partial charge in [-0.05, 0) is 38.0 Å². The van der Waals surface area contributed by atoms with Gasteiger partial charge in [-0.2, -0.15) is 13.2 Å². The number of hydrogen-bond donors (Lipinski definition) is 4. The maximum Gasteiger partial charge on any atom is 0.426 e. The lowest BCUT2D eigenvalue weighted by Crippen LogP contribution is -2.59. The molecule has 2 amide bonds. The van der Waals surface area contributed by atoms with E-state index in [1.54, 1.807) is 0 Å². The first-order chi connectivity index (χ1) is 10.6. The lowest BCUT2D eigenvalue weighted by atomic mass is 9.83. The lowest BCUT2D eigenvalue weighted by molar-refractivity contribution is -0.245. The molecule has 132 valence electrons. The Labute approximate surface area is 131 Å². The molecule has 0 radical (unpaired) electrons. The molecule has 0 aromatic rings. The van der Waals surface area contributed by atoms with E-state index in [1.807, 2.05) is 0 Å².